The van der Waals surface area contributed by atoms with Crippen LogP contribution in [-0.4, -0.2) is 34.5 Å². The van der Waals surface area contributed by atoms with E-state index >= 15 is 0 Å². The van der Waals surface area contributed by atoms with E-state index in [9.17, 15) is 22.8 Å². The highest BCUT2D eigenvalue weighted by atomic mass is 79.9. The molecule has 2 rings (SSSR count). The topological polar surface area (TPSA) is 93.5 Å². The van der Waals surface area contributed by atoms with Crippen LogP contribution >= 0.6 is 15.9 Å². The van der Waals surface area contributed by atoms with Gasteiger partial charge in [-0.2, -0.15) is 18.3 Å². The fraction of sp³-hybridized carbons (Fsp3) is 0.316. The second kappa shape index (κ2) is 9.79. The Hall–Kier alpha value is -2.82. The maximum Gasteiger partial charge on any atom is 0.433 e. The molecule has 2 aromatic rings. The lowest BCUT2D eigenvalue weighted by Crippen LogP contribution is -2.29. The first-order chi connectivity index (χ1) is 14.0. The highest BCUT2D eigenvalue weighted by Gasteiger charge is 2.32. The van der Waals surface area contributed by atoms with Gasteiger partial charge >= 0.3 is 12.1 Å². The van der Waals surface area contributed by atoms with Crippen LogP contribution in [0.2, 0.25) is 0 Å². The highest BCUT2D eigenvalue weighted by molar-refractivity contribution is 9.10. The quantitative estimate of drug-likeness (QED) is 0.206. The van der Waals surface area contributed by atoms with Crippen LogP contribution in [0, 0.1) is 19.8 Å². The summed E-state index contributed by atoms with van der Waals surface area (Å²) in [5.74, 6) is -2.86. The monoisotopic (exact) mass is 486 g/mol. The first kappa shape index (κ1) is 23.5. The Morgan fingerprint density at radius 2 is 2.03 bits per heavy atom. The summed E-state index contributed by atoms with van der Waals surface area (Å²) in [6.07, 6.45) is -2.61. The van der Waals surface area contributed by atoms with Gasteiger partial charge in [-0.05, 0) is 60.5 Å². The molecule has 0 aliphatic carbocycles. The molecule has 1 N–H and O–H groups in total. The van der Waals surface area contributed by atoms with Crippen molar-refractivity contribution in [3.8, 4) is 0 Å². The molecule has 0 saturated heterocycles. The molecule has 2 heterocycles. The van der Waals surface area contributed by atoms with Gasteiger partial charge in [0, 0.05) is 16.4 Å². The van der Waals surface area contributed by atoms with Crippen molar-refractivity contribution in [1.29, 1.82) is 0 Å². The standard InChI is InChI=1S/C19H18BrF3N4O3/c1-4-30-18(29)13(17(28)16-14(20)7-10(2)11(3)26-16)9-25-27-12-5-6-15(24-8-12)19(21,22)23/h5-9,13,27H,4H2,1-3H3. The first-order valence-electron chi connectivity index (χ1n) is 8.71. The molecular formula is C19H18BrF3N4O3. The molecule has 0 bridgehead atoms. The maximum absolute atomic E-state index is 12.9. The van der Waals surface area contributed by atoms with E-state index in [-0.39, 0.29) is 18.0 Å². The summed E-state index contributed by atoms with van der Waals surface area (Å²) in [6.45, 7) is 5.19. The number of ketones is 1. The number of hydrogen-bond donors (Lipinski definition) is 1. The van der Waals surface area contributed by atoms with Crippen LogP contribution in [0.5, 0.6) is 0 Å². The molecule has 0 aromatic carbocycles. The third-order valence-electron chi connectivity index (χ3n) is 3.95. The van der Waals surface area contributed by atoms with Crippen LogP contribution in [0.3, 0.4) is 0 Å². The zero-order valence-electron chi connectivity index (χ0n) is 16.2. The van der Waals surface area contributed by atoms with Crippen molar-refractivity contribution in [2.45, 2.75) is 26.9 Å². The number of carbonyl (C=O) groups is 2. The molecule has 160 valence electrons. The molecule has 0 saturated carbocycles. The van der Waals surface area contributed by atoms with Crippen LogP contribution < -0.4 is 5.43 Å². The lowest BCUT2D eigenvalue weighted by molar-refractivity contribution is -0.144. The van der Waals surface area contributed by atoms with Crippen LogP contribution in [0.15, 0.2) is 34.0 Å². The summed E-state index contributed by atoms with van der Waals surface area (Å²) in [4.78, 5) is 32.7. The Morgan fingerprint density at radius 3 is 2.60 bits per heavy atom. The van der Waals surface area contributed by atoms with Gasteiger partial charge < -0.3 is 4.74 Å². The average Bonchev–Trinajstić information content (AvgIpc) is 2.67. The fourth-order valence-corrected chi connectivity index (χ4v) is 2.90. The number of ether oxygens (including phenoxy) is 1. The van der Waals surface area contributed by atoms with Gasteiger partial charge in [-0.3, -0.25) is 15.0 Å². The molecule has 11 heteroatoms. The van der Waals surface area contributed by atoms with Crippen LogP contribution in [0.4, 0.5) is 18.9 Å². The molecule has 0 aliphatic rings. The molecule has 2 aromatic heterocycles. The van der Waals surface area contributed by atoms with E-state index in [2.05, 4.69) is 36.4 Å². The van der Waals surface area contributed by atoms with Crippen LogP contribution in [-0.2, 0) is 15.7 Å². The first-order valence-corrected chi connectivity index (χ1v) is 9.51. The van der Waals surface area contributed by atoms with Crippen molar-refractivity contribution in [1.82, 2.24) is 9.97 Å². The summed E-state index contributed by atoms with van der Waals surface area (Å²) in [7, 11) is 0. The van der Waals surface area contributed by atoms with E-state index in [1.807, 2.05) is 6.92 Å². The SMILES string of the molecule is CCOC(=O)C(C=NNc1ccc(C(F)(F)F)nc1)C(=O)c1nc(C)c(C)cc1Br. The Balaban J connectivity index is 2.24. The number of Topliss-reactive ketones (excluding diaryl/α,β-unsaturated/α-hetero) is 1. The Kier molecular flexibility index (Phi) is 7.65. The van der Waals surface area contributed by atoms with Gasteiger partial charge in [-0.15, -0.1) is 0 Å². The van der Waals surface area contributed by atoms with E-state index in [4.69, 9.17) is 4.74 Å². The number of hydrogen-bond acceptors (Lipinski definition) is 7. The zero-order chi connectivity index (χ0) is 22.5. The van der Waals surface area contributed by atoms with E-state index in [1.54, 1.807) is 19.9 Å². The predicted octanol–water partition coefficient (Wildman–Crippen LogP) is 4.33. The van der Waals surface area contributed by atoms with Crippen molar-refractivity contribution in [2.24, 2.45) is 11.0 Å². The van der Waals surface area contributed by atoms with Crippen molar-refractivity contribution in [3.05, 3.63) is 51.5 Å². The zero-order valence-corrected chi connectivity index (χ0v) is 17.8. The summed E-state index contributed by atoms with van der Waals surface area (Å²) >= 11 is 3.27. The van der Waals surface area contributed by atoms with Gasteiger partial charge in [0.05, 0.1) is 18.5 Å². The molecular weight excluding hydrogens is 469 g/mol. The van der Waals surface area contributed by atoms with Gasteiger partial charge in [-0.25, -0.2) is 9.97 Å². The number of anilines is 1. The number of nitrogens with zero attached hydrogens (tertiary/aromatic N) is 3. The molecule has 0 fully saturated rings. The van der Waals surface area contributed by atoms with Crippen molar-refractivity contribution in [2.75, 3.05) is 12.0 Å². The van der Waals surface area contributed by atoms with E-state index < -0.39 is 29.5 Å². The summed E-state index contributed by atoms with van der Waals surface area (Å²) in [5, 5.41) is 3.79. The largest absolute Gasteiger partial charge is 0.465 e. The fourth-order valence-electron chi connectivity index (χ4n) is 2.27. The van der Waals surface area contributed by atoms with E-state index in [0.29, 0.717) is 10.2 Å². The van der Waals surface area contributed by atoms with Gasteiger partial charge in [-0.1, -0.05) is 0 Å². The third kappa shape index (κ3) is 5.85. The number of rotatable bonds is 7. The minimum Gasteiger partial charge on any atom is -0.465 e. The third-order valence-corrected chi connectivity index (χ3v) is 4.55. The number of pyridine rings is 2. The number of aryl methyl sites for hydroxylation is 2. The Morgan fingerprint density at radius 1 is 1.33 bits per heavy atom. The number of hydrazone groups is 1. The minimum atomic E-state index is -4.56. The van der Waals surface area contributed by atoms with E-state index in [1.165, 1.54) is 0 Å². The number of nitrogens with one attached hydrogen (secondary N) is 1. The predicted molar refractivity (Wildman–Crippen MR) is 107 cm³/mol. The summed E-state index contributed by atoms with van der Waals surface area (Å²) in [6, 6.07) is 3.61. The maximum atomic E-state index is 12.9. The molecule has 30 heavy (non-hydrogen) atoms. The number of halogens is 4. The van der Waals surface area contributed by atoms with Crippen LogP contribution in [0.1, 0.15) is 34.4 Å². The minimum absolute atomic E-state index is 0.0406. The Bertz CT molecular complexity index is 963. The lowest BCUT2D eigenvalue weighted by Gasteiger charge is -2.12. The van der Waals surface area contributed by atoms with Crippen molar-refractivity contribution in [3.63, 3.8) is 0 Å². The Labute approximate surface area is 178 Å². The second-order valence-corrected chi connectivity index (χ2v) is 6.99. The summed E-state index contributed by atoms with van der Waals surface area (Å²) in [5.41, 5.74) is 3.04. The normalized spacial score (nSPS) is 12.6. The number of alkyl halides is 3. The molecule has 0 spiro atoms. The second-order valence-electron chi connectivity index (χ2n) is 6.13. The highest BCUT2D eigenvalue weighted by Crippen LogP contribution is 2.27. The van der Waals surface area contributed by atoms with Crippen molar-refractivity contribution >= 4 is 39.6 Å². The molecule has 7 nitrogen and oxygen atoms in total. The van der Waals surface area contributed by atoms with Gasteiger partial charge in [0.15, 0.2) is 5.92 Å². The molecule has 1 atom stereocenters. The molecule has 0 amide bonds. The average molecular weight is 487 g/mol. The van der Waals surface area contributed by atoms with Crippen molar-refractivity contribution < 1.29 is 27.5 Å². The smallest absolute Gasteiger partial charge is 0.433 e. The molecule has 0 aliphatic heterocycles. The van der Waals surface area contributed by atoms with E-state index in [0.717, 1.165) is 30.1 Å². The lowest BCUT2D eigenvalue weighted by atomic mass is 10.0. The number of carbonyl (C=O) groups excluding carboxylic acids is 2. The number of esters is 1. The summed E-state index contributed by atoms with van der Waals surface area (Å²) < 4.78 is 43.0. The number of aromatic nitrogens is 2. The molecule has 0 radical (unpaired) electrons. The van der Waals surface area contributed by atoms with Crippen LogP contribution in [0.25, 0.3) is 0 Å². The molecule has 1 unspecified atom stereocenters. The van der Waals surface area contributed by atoms with Gasteiger partial charge in [0.1, 0.15) is 11.4 Å². The van der Waals surface area contributed by atoms with Gasteiger partial charge in [0.25, 0.3) is 0 Å². The van der Waals surface area contributed by atoms with Gasteiger partial charge in [0.2, 0.25) is 5.78 Å².